The van der Waals surface area contributed by atoms with Crippen LogP contribution in [0, 0.1) is 5.92 Å². The number of hydrogen-bond donors (Lipinski definition) is 2. The zero-order chi connectivity index (χ0) is 13.8. The third-order valence-corrected chi connectivity index (χ3v) is 5.23. The molecule has 1 saturated carbocycles. The van der Waals surface area contributed by atoms with Crippen LogP contribution in [0.25, 0.3) is 0 Å². The highest BCUT2D eigenvalue weighted by atomic mass is 32.2. The minimum absolute atomic E-state index is 0.385. The fourth-order valence-corrected chi connectivity index (χ4v) is 3.89. The Labute approximate surface area is 109 Å². The summed E-state index contributed by atoms with van der Waals surface area (Å²) in [4.78, 5) is 11.1. The molecule has 2 N–H and O–H groups in total. The van der Waals surface area contributed by atoms with Crippen LogP contribution in [0.4, 0.5) is 0 Å². The predicted octanol–water partition coefficient (Wildman–Crippen LogP) is 0.806. The summed E-state index contributed by atoms with van der Waals surface area (Å²) in [5.41, 5.74) is 0. The number of carbonyl (C=O) groups is 1. The average Bonchev–Trinajstić information content (AvgIpc) is 2.29. The van der Waals surface area contributed by atoms with Gasteiger partial charge in [-0.1, -0.05) is 26.7 Å². The highest BCUT2D eigenvalue weighted by Gasteiger charge is 2.34. The topological polar surface area (TPSA) is 86.7 Å². The highest BCUT2D eigenvalue weighted by molar-refractivity contribution is 7.87. The molecule has 2 atom stereocenters. The van der Waals surface area contributed by atoms with E-state index in [0.29, 0.717) is 25.9 Å². The Hall–Kier alpha value is -0.660. The summed E-state index contributed by atoms with van der Waals surface area (Å²) in [6.45, 7) is 4.29. The van der Waals surface area contributed by atoms with Crippen LogP contribution in [0.3, 0.4) is 0 Å². The lowest BCUT2D eigenvalue weighted by Crippen LogP contribution is -2.50. The van der Waals surface area contributed by atoms with E-state index in [9.17, 15) is 13.2 Å². The molecule has 0 heterocycles. The predicted molar refractivity (Wildman–Crippen MR) is 68.4 cm³/mol. The molecule has 18 heavy (non-hydrogen) atoms. The van der Waals surface area contributed by atoms with E-state index in [1.165, 1.54) is 4.31 Å². The number of hydrogen-bond acceptors (Lipinski definition) is 3. The molecular formula is C11H22N2O4S. The Morgan fingerprint density at radius 2 is 1.83 bits per heavy atom. The molecule has 0 aromatic heterocycles. The van der Waals surface area contributed by atoms with Gasteiger partial charge in [0.25, 0.3) is 10.2 Å². The van der Waals surface area contributed by atoms with Crippen molar-refractivity contribution in [2.24, 2.45) is 5.92 Å². The maximum absolute atomic E-state index is 12.1. The Morgan fingerprint density at radius 1 is 1.28 bits per heavy atom. The van der Waals surface area contributed by atoms with Crippen LogP contribution < -0.4 is 4.72 Å². The van der Waals surface area contributed by atoms with E-state index in [-0.39, 0.29) is 0 Å². The summed E-state index contributed by atoms with van der Waals surface area (Å²) in [6, 6.07) is -0.484. The zero-order valence-electron chi connectivity index (χ0n) is 10.9. The maximum Gasteiger partial charge on any atom is 0.308 e. The van der Waals surface area contributed by atoms with Gasteiger partial charge in [-0.05, 0) is 12.8 Å². The molecule has 0 spiro atoms. The second-order valence-corrected chi connectivity index (χ2v) is 6.25. The van der Waals surface area contributed by atoms with Gasteiger partial charge >= 0.3 is 5.97 Å². The van der Waals surface area contributed by atoms with Crippen molar-refractivity contribution in [3.8, 4) is 0 Å². The third kappa shape index (κ3) is 3.66. The van der Waals surface area contributed by atoms with Gasteiger partial charge < -0.3 is 5.11 Å². The molecule has 0 saturated heterocycles. The van der Waals surface area contributed by atoms with Crippen LogP contribution in [0.15, 0.2) is 0 Å². The van der Waals surface area contributed by atoms with Crippen molar-refractivity contribution in [1.29, 1.82) is 0 Å². The highest BCUT2D eigenvalue weighted by Crippen LogP contribution is 2.25. The molecule has 0 radical (unpaired) electrons. The molecule has 0 amide bonds. The molecule has 106 valence electrons. The van der Waals surface area contributed by atoms with Crippen LogP contribution in [0.2, 0.25) is 0 Å². The first-order valence-corrected chi connectivity index (χ1v) is 7.86. The van der Waals surface area contributed by atoms with Gasteiger partial charge in [0, 0.05) is 19.1 Å². The molecule has 6 nitrogen and oxygen atoms in total. The summed E-state index contributed by atoms with van der Waals surface area (Å²) < 4.78 is 28.0. The second kappa shape index (κ2) is 6.49. The molecule has 0 bridgehead atoms. The third-order valence-electron chi connectivity index (χ3n) is 3.43. The molecule has 0 aromatic rings. The quantitative estimate of drug-likeness (QED) is 0.752. The minimum atomic E-state index is -3.57. The fraction of sp³-hybridized carbons (Fsp3) is 0.909. The summed E-state index contributed by atoms with van der Waals surface area (Å²) in [7, 11) is -3.57. The standard InChI is InChI=1S/C11H22N2O4S/c1-3-13(4-2)18(16,17)12-10-8-6-5-7-9(10)11(14)15/h9-10,12H,3-8H2,1-2H3,(H,14,15). The van der Waals surface area contributed by atoms with Crippen molar-refractivity contribution < 1.29 is 18.3 Å². The minimum Gasteiger partial charge on any atom is -0.481 e. The molecule has 1 rings (SSSR count). The van der Waals surface area contributed by atoms with Crippen molar-refractivity contribution in [2.75, 3.05) is 13.1 Å². The Balaban J connectivity index is 2.77. The average molecular weight is 278 g/mol. The lowest BCUT2D eigenvalue weighted by molar-refractivity contribution is -0.143. The lowest BCUT2D eigenvalue weighted by atomic mass is 9.85. The van der Waals surface area contributed by atoms with E-state index >= 15 is 0 Å². The number of carboxylic acids is 1. The van der Waals surface area contributed by atoms with Crippen LogP contribution in [-0.4, -0.2) is 42.9 Å². The number of aliphatic carboxylic acids is 1. The molecule has 7 heteroatoms. The largest absolute Gasteiger partial charge is 0.481 e. The first-order chi connectivity index (χ1) is 8.42. The van der Waals surface area contributed by atoms with Gasteiger partial charge in [0.05, 0.1) is 5.92 Å². The van der Waals surface area contributed by atoms with Gasteiger partial charge in [-0.2, -0.15) is 17.4 Å². The molecule has 2 unspecified atom stereocenters. The van der Waals surface area contributed by atoms with E-state index < -0.39 is 28.1 Å². The number of nitrogens with zero attached hydrogens (tertiary/aromatic N) is 1. The van der Waals surface area contributed by atoms with E-state index in [2.05, 4.69) is 4.72 Å². The van der Waals surface area contributed by atoms with Crippen molar-refractivity contribution in [3.63, 3.8) is 0 Å². The Morgan fingerprint density at radius 3 is 2.33 bits per heavy atom. The summed E-state index contributed by atoms with van der Waals surface area (Å²) in [5.74, 6) is -1.52. The van der Waals surface area contributed by atoms with E-state index in [1.807, 2.05) is 0 Å². The fourth-order valence-electron chi connectivity index (χ4n) is 2.40. The molecule has 1 fully saturated rings. The van der Waals surface area contributed by atoms with Crippen LogP contribution >= 0.6 is 0 Å². The van der Waals surface area contributed by atoms with Crippen LogP contribution in [0.5, 0.6) is 0 Å². The molecular weight excluding hydrogens is 256 g/mol. The summed E-state index contributed by atoms with van der Waals surface area (Å²) in [6.07, 6.45) is 2.86. The van der Waals surface area contributed by atoms with Gasteiger partial charge in [0.1, 0.15) is 0 Å². The number of carboxylic acid groups (broad SMARTS) is 1. The smallest absolute Gasteiger partial charge is 0.308 e. The van der Waals surface area contributed by atoms with E-state index in [1.54, 1.807) is 13.8 Å². The van der Waals surface area contributed by atoms with Gasteiger partial charge in [-0.3, -0.25) is 4.79 Å². The summed E-state index contributed by atoms with van der Waals surface area (Å²) in [5, 5.41) is 9.11. The molecule has 0 aromatic carbocycles. The van der Waals surface area contributed by atoms with Crippen LogP contribution in [-0.2, 0) is 15.0 Å². The van der Waals surface area contributed by atoms with Crippen LogP contribution in [0.1, 0.15) is 39.5 Å². The van der Waals surface area contributed by atoms with Crippen molar-refractivity contribution in [1.82, 2.24) is 9.03 Å². The van der Waals surface area contributed by atoms with E-state index in [4.69, 9.17) is 5.11 Å². The molecule has 1 aliphatic carbocycles. The van der Waals surface area contributed by atoms with Crippen molar-refractivity contribution in [2.45, 2.75) is 45.6 Å². The van der Waals surface area contributed by atoms with Gasteiger partial charge in [-0.15, -0.1) is 0 Å². The SMILES string of the molecule is CCN(CC)S(=O)(=O)NC1CCCCC1C(=O)O. The molecule has 1 aliphatic rings. The first-order valence-electron chi connectivity index (χ1n) is 6.42. The van der Waals surface area contributed by atoms with Gasteiger partial charge in [-0.25, -0.2) is 0 Å². The number of nitrogens with one attached hydrogen (secondary N) is 1. The van der Waals surface area contributed by atoms with Crippen molar-refractivity contribution in [3.05, 3.63) is 0 Å². The maximum atomic E-state index is 12.1. The first kappa shape index (κ1) is 15.4. The Bertz CT molecular complexity index is 379. The van der Waals surface area contributed by atoms with Gasteiger partial charge in [0.15, 0.2) is 0 Å². The monoisotopic (exact) mass is 278 g/mol. The molecule has 0 aliphatic heterocycles. The summed E-state index contributed by atoms with van der Waals surface area (Å²) >= 11 is 0. The Kier molecular flexibility index (Phi) is 5.55. The lowest BCUT2D eigenvalue weighted by Gasteiger charge is -2.31. The van der Waals surface area contributed by atoms with Gasteiger partial charge in [0.2, 0.25) is 0 Å². The zero-order valence-corrected chi connectivity index (χ0v) is 11.7. The van der Waals surface area contributed by atoms with E-state index in [0.717, 1.165) is 12.8 Å². The van der Waals surface area contributed by atoms with Crippen molar-refractivity contribution >= 4 is 16.2 Å². The number of rotatable bonds is 6. The second-order valence-electron chi connectivity index (χ2n) is 4.54. The normalized spacial score (nSPS) is 25.3.